The molecule has 1 unspecified atom stereocenters. The van der Waals surface area contributed by atoms with E-state index in [0.717, 1.165) is 29.4 Å². The van der Waals surface area contributed by atoms with Crippen LogP contribution in [0.15, 0.2) is 17.9 Å². The number of aliphatic hydroxyl groups excluding tert-OH is 1. The van der Waals surface area contributed by atoms with E-state index >= 15 is 0 Å². The molecule has 0 fully saturated rings. The van der Waals surface area contributed by atoms with Crippen LogP contribution in [0.1, 0.15) is 35.8 Å². The zero-order valence-corrected chi connectivity index (χ0v) is 10.9. The molecule has 2 rings (SSSR count). The Morgan fingerprint density at radius 2 is 2.29 bits per heavy atom. The fraction of sp³-hybridized carbons (Fsp3) is 0.500. The molecule has 0 aromatic carbocycles. The first kappa shape index (κ1) is 12.3. The zero-order chi connectivity index (χ0) is 12.3. The maximum absolute atomic E-state index is 10.2. The molecule has 0 aliphatic heterocycles. The number of nitrogens with zero attached hydrogens (tertiary/aromatic N) is 3. The molecule has 2 aromatic rings. The number of aryl methyl sites for hydroxylation is 2. The van der Waals surface area contributed by atoms with Crippen molar-refractivity contribution in [3.63, 3.8) is 0 Å². The summed E-state index contributed by atoms with van der Waals surface area (Å²) in [6.07, 6.45) is 4.87. The van der Waals surface area contributed by atoms with Crippen LogP contribution in [0, 0.1) is 6.92 Å². The quantitative estimate of drug-likeness (QED) is 0.887. The van der Waals surface area contributed by atoms with Crippen molar-refractivity contribution in [3.8, 4) is 0 Å². The summed E-state index contributed by atoms with van der Waals surface area (Å²) >= 11 is 1.50. The van der Waals surface area contributed by atoms with Crippen molar-refractivity contribution in [2.45, 2.75) is 39.3 Å². The second-order valence-corrected chi connectivity index (χ2v) is 4.95. The van der Waals surface area contributed by atoms with Crippen molar-refractivity contribution >= 4 is 11.3 Å². The Morgan fingerprint density at radius 1 is 1.47 bits per heavy atom. The Hall–Kier alpha value is -1.20. The highest BCUT2D eigenvalue weighted by Gasteiger charge is 2.16. The van der Waals surface area contributed by atoms with Gasteiger partial charge < -0.3 is 9.67 Å². The Bertz CT molecular complexity index is 478. The molecule has 0 aliphatic rings. The molecule has 0 aliphatic carbocycles. The van der Waals surface area contributed by atoms with Crippen LogP contribution in [-0.4, -0.2) is 19.6 Å². The summed E-state index contributed by atoms with van der Waals surface area (Å²) < 4.78 is 2.10. The van der Waals surface area contributed by atoms with E-state index in [-0.39, 0.29) is 0 Å². The summed E-state index contributed by atoms with van der Waals surface area (Å²) in [5, 5.41) is 10.2. The van der Waals surface area contributed by atoms with Crippen molar-refractivity contribution in [2.24, 2.45) is 0 Å². The van der Waals surface area contributed by atoms with E-state index in [1.165, 1.54) is 11.3 Å². The molecule has 2 aromatic heterocycles. The average molecular weight is 251 g/mol. The maximum atomic E-state index is 10.2. The van der Waals surface area contributed by atoms with E-state index in [0.29, 0.717) is 6.42 Å². The molecule has 2 heterocycles. The molecule has 1 atom stereocenters. The number of rotatable bonds is 5. The first-order valence-corrected chi connectivity index (χ1v) is 6.68. The monoisotopic (exact) mass is 251 g/mol. The van der Waals surface area contributed by atoms with Gasteiger partial charge in [0.15, 0.2) is 0 Å². The first-order valence-electron chi connectivity index (χ1n) is 5.80. The molecule has 92 valence electrons. The van der Waals surface area contributed by atoms with Gasteiger partial charge in [-0.25, -0.2) is 9.97 Å². The SMILES string of the molecule is CCCn1ccnc1CC(O)c1scnc1C. The third kappa shape index (κ3) is 2.73. The van der Waals surface area contributed by atoms with Crippen LogP contribution in [0.2, 0.25) is 0 Å². The Labute approximate surface area is 105 Å². The molecule has 0 saturated heterocycles. The Morgan fingerprint density at radius 3 is 2.94 bits per heavy atom. The van der Waals surface area contributed by atoms with E-state index in [1.54, 1.807) is 11.7 Å². The lowest BCUT2D eigenvalue weighted by Gasteiger charge is -2.11. The summed E-state index contributed by atoms with van der Waals surface area (Å²) in [5.74, 6) is 0.937. The standard InChI is InChI=1S/C12H17N3OS/c1-3-5-15-6-4-13-11(15)7-10(16)12-9(2)14-8-17-12/h4,6,8,10,16H,3,5,7H2,1-2H3. The number of thiazole rings is 1. The molecular formula is C12H17N3OS. The maximum Gasteiger partial charge on any atom is 0.111 e. The molecule has 0 spiro atoms. The minimum atomic E-state index is -0.500. The van der Waals surface area contributed by atoms with Gasteiger partial charge in [-0.1, -0.05) is 6.92 Å². The van der Waals surface area contributed by atoms with Crippen LogP contribution in [0.5, 0.6) is 0 Å². The van der Waals surface area contributed by atoms with Gasteiger partial charge in [0.05, 0.1) is 22.2 Å². The Balaban J connectivity index is 2.10. The third-order valence-electron chi connectivity index (χ3n) is 2.73. The highest BCUT2D eigenvalue weighted by atomic mass is 32.1. The van der Waals surface area contributed by atoms with E-state index < -0.39 is 6.10 Å². The topological polar surface area (TPSA) is 50.9 Å². The van der Waals surface area contributed by atoms with Crippen LogP contribution in [0.4, 0.5) is 0 Å². The van der Waals surface area contributed by atoms with Gasteiger partial charge in [-0.15, -0.1) is 11.3 Å². The largest absolute Gasteiger partial charge is 0.387 e. The second-order valence-electron chi connectivity index (χ2n) is 4.06. The van der Waals surface area contributed by atoms with Crippen LogP contribution in [0.25, 0.3) is 0 Å². The van der Waals surface area contributed by atoms with Crippen LogP contribution in [-0.2, 0) is 13.0 Å². The summed E-state index contributed by atoms with van der Waals surface area (Å²) in [7, 11) is 0. The van der Waals surface area contributed by atoms with Crippen molar-refractivity contribution in [1.29, 1.82) is 0 Å². The number of hydrogen-bond acceptors (Lipinski definition) is 4. The van der Waals surface area contributed by atoms with E-state index in [2.05, 4.69) is 21.5 Å². The molecule has 0 bridgehead atoms. The lowest BCUT2D eigenvalue weighted by molar-refractivity contribution is 0.177. The smallest absolute Gasteiger partial charge is 0.111 e. The highest BCUT2D eigenvalue weighted by Crippen LogP contribution is 2.24. The summed E-state index contributed by atoms with van der Waals surface area (Å²) in [6.45, 7) is 5.00. The van der Waals surface area contributed by atoms with Crippen molar-refractivity contribution < 1.29 is 5.11 Å². The van der Waals surface area contributed by atoms with Crippen molar-refractivity contribution in [2.75, 3.05) is 0 Å². The summed E-state index contributed by atoms with van der Waals surface area (Å²) in [5.41, 5.74) is 2.68. The fourth-order valence-electron chi connectivity index (χ4n) is 1.87. The number of aliphatic hydroxyl groups is 1. The zero-order valence-electron chi connectivity index (χ0n) is 10.1. The molecule has 0 amide bonds. The van der Waals surface area contributed by atoms with Gasteiger partial charge in [0.25, 0.3) is 0 Å². The predicted octanol–water partition coefficient (Wildman–Crippen LogP) is 2.33. The van der Waals surface area contributed by atoms with E-state index in [4.69, 9.17) is 0 Å². The van der Waals surface area contributed by atoms with Gasteiger partial charge in [0, 0.05) is 25.4 Å². The van der Waals surface area contributed by atoms with Crippen LogP contribution in [0.3, 0.4) is 0 Å². The number of imidazole rings is 1. The molecule has 1 N–H and O–H groups in total. The van der Waals surface area contributed by atoms with E-state index in [1.807, 2.05) is 13.1 Å². The molecule has 17 heavy (non-hydrogen) atoms. The van der Waals surface area contributed by atoms with Gasteiger partial charge in [-0.05, 0) is 13.3 Å². The Kier molecular flexibility index (Phi) is 3.91. The molecule has 0 radical (unpaired) electrons. The number of hydrogen-bond donors (Lipinski definition) is 1. The van der Waals surface area contributed by atoms with E-state index in [9.17, 15) is 5.11 Å². The highest BCUT2D eigenvalue weighted by molar-refractivity contribution is 7.09. The van der Waals surface area contributed by atoms with Gasteiger partial charge in [-0.3, -0.25) is 0 Å². The second kappa shape index (κ2) is 5.42. The minimum Gasteiger partial charge on any atom is -0.387 e. The predicted molar refractivity (Wildman–Crippen MR) is 68.0 cm³/mol. The summed E-state index contributed by atoms with van der Waals surface area (Å²) in [6, 6.07) is 0. The van der Waals surface area contributed by atoms with Gasteiger partial charge in [0.1, 0.15) is 5.82 Å². The lowest BCUT2D eigenvalue weighted by Crippen LogP contribution is -2.08. The van der Waals surface area contributed by atoms with Crippen molar-refractivity contribution in [3.05, 3.63) is 34.3 Å². The van der Waals surface area contributed by atoms with Gasteiger partial charge in [0.2, 0.25) is 0 Å². The molecular weight excluding hydrogens is 234 g/mol. The molecule has 4 nitrogen and oxygen atoms in total. The summed E-state index contributed by atoms with van der Waals surface area (Å²) in [4.78, 5) is 9.40. The normalized spacial score (nSPS) is 12.9. The van der Waals surface area contributed by atoms with Gasteiger partial charge >= 0.3 is 0 Å². The third-order valence-corrected chi connectivity index (χ3v) is 3.76. The van der Waals surface area contributed by atoms with Crippen molar-refractivity contribution in [1.82, 2.24) is 14.5 Å². The lowest BCUT2D eigenvalue weighted by atomic mass is 10.2. The van der Waals surface area contributed by atoms with Crippen LogP contribution < -0.4 is 0 Å². The fourth-order valence-corrected chi connectivity index (χ4v) is 2.66. The van der Waals surface area contributed by atoms with Crippen LogP contribution >= 0.6 is 11.3 Å². The average Bonchev–Trinajstić information content (AvgIpc) is 2.89. The van der Waals surface area contributed by atoms with Gasteiger partial charge in [-0.2, -0.15) is 0 Å². The minimum absolute atomic E-state index is 0.500. The number of aromatic nitrogens is 3. The molecule has 0 saturated carbocycles. The first-order chi connectivity index (χ1) is 8.22. The molecule has 5 heteroatoms.